The van der Waals surface area contributed by atoms with Crippen LogP contribution in [0.5, 0.6) is 5.75 Å². The monoisotopic (exact) mass is 262 g/mol. The zero-order valence-electron chi connectivity index (χ0n) is 11.2. The van der Waals surface area contributed by atoms with Gasteiger partial charge in [0, 0.05) is 12.5 Å². The van der Waals surface area contributed by atoms with Crippen LogP contribution in [0.1, 0.15) is 26.7 Å². The van der Waals surface area contributed by atoms with Gasteiger partial charge in [0.15, 0.2) is 5.75 Å². The molecule has 0 aliphatic carbocycles. The van der Waals surface area contributed by atoms with E-state index in [0.29, 0.717) is 18.7 Å². The Kier molecular flexibility index (Phi) is 5.68. The highest BCUT2D eigenvalue weighted by atomic mass is 16.6. The van der Waals surface area contributed by atoms with E-state index in [2.05, 4.69) is 11.2 Å². The van der Waals surface area contributed by atoms with E-state index in [-0.39, 0.29) is 17.5 Å². The summed E-state index contributed by atoms with van der Waals surface area (Å²) in [6, 6.07) is 4.95. The molecular formula is C14H18N2O3. The topological polar surface area (TPSA) is 64.4 Å². The minimum atomic E-state index is -0.435. The molecule has 0 aromatic heterocycles. The van der Waals surface area contributed by atoms with E-state index >= 15 is 0 Å². The van der Waals surface area contributed by atoms with Gasteiger partial charge in [-0.1, -0.05) is 13.0 Å². The van der Waals surface area contributed by atoms with Crippen molar-refractivity contribution in [2.75, 3.05) is 11.9 Å². The lowest BCUT2D eigenvalue weighted by molar-refractivity contribution is -0.385. The van der Waals surface area contributed by atoms with E-state index in [4.69, 9.17) is 11.2 Å². The molecule has 1 unspecified atom stereocenters. The molecule has 5 nitrogen and oxygen atoms in total. The van der Waals surface area contributed by atoms with E-state index in [9.17, 15) is 10.1 Å². The van der Waals surface area contributed by atoms with E-state index in [1.54, 1.807) is 18.2 Å². The van der Waals surface area contributed by atoms with Gasteiger partial charge in [0.25, 0.3) is 0 Å². The van der Waals surface area contributed by atoms with Gasteiger partial charge < -0.3 is 10.1 Å². The van der Waals surface area contributed by atoms with E-state index in [1.165, 1.54) is 0 Å². The number of nitro benzene ring substituents is 1. The molecule has 5 heteroatoms. The van der Waals surface area contributed by atoms with Crippen molar-refractivity contribution in [2.24, 2.45) is 0 Å². The quantitative estimate of drug-likeness (QED) is 0.465. The first kappa shape index (κ1) is 14.8. The van der Waals surface area contributed by atoms with Gasteiger partial charge >= 0.3 is 5.69 Å². The summed E-state index contributed by atoms with van der Waals surface area (Å²) in [5.41, 5.74) is 0.390. The smallest absolute Gasteiger partial charge is 0.333 e. The van der Waals surface area contributed by atoms with Crippen molar-refractivity contribution in [1.82, 2.24) is 0 Å². The van der Waals surface area contributed by atoms with Crippen molar-refractivity contribution in [1.29, 1.82) is 0 Å². The van der Waals surface area contributed by atoms with Crippen LogP contribution in [0.15, 0.2) is 18.2 Å². The van der Waals surface area contributed by atoms with E-state index in [1.807, 2.05) is 13.8 Å². The molecule has 1 aromatic carbocycles. The highest BCUT2D eigenvalue weighted by Crippen LogP contribution is 2.35. The second kappa shape index (κ2) is 7.27. The molecule has 0 aliphatic rings. The molecule has 0 saturated carbocycles. The molecule has 102 valence electrons. The molecule has 0 fully saturated rings. The first-order valence-corrected chi connectivity index (χ1v) is 6.20. The highest BCUT2D eigenvalue weighted by molar-refractivity contribution is 5.68. The van der Waals surface area contributed by atoms with Crippen molar-refractivity contribution in [3.05, 3.63) is 28.3 Å². The summed E-state index contributed by atoms with van der Waals surface area (Å²) < 4.78 is 5.41. The van der Waals surface area contributed by atoms with Crippen molar-refractivity contribution in [2.45, 2.75) is 32.7 Å². The SMILES string of the molecule is C#CCC(C)Nc1cccc(OCCC)c1[N+](=O)[O-]. The number of benzene rings is 1. The van der Waals surface area contributed by atoms with Crippen LogP contribution in [-0.2, 0) is 0 Å². The molecule has 0 heterocycles. The lowest BCUT2D eigenvalue weighted by Gasteiger charge is -2.14. The zero-order valence-corrected chi connectivity index (χ0v) is 11.2. The maximum absolute atomic E-state index is 11.2. The van der Waals surface area contributed by atoms with E-state index < -0.39 is 4.92 Å². The van der Waals surface area contributed by atoms with Crippen LogP contribution < -0.4 is 10.1 Å². The standard InChI is InChI=1S/C14H18N2O3/c1-4-7-11(3)15-12-8-6-9-13(19-10-5-2)14(12)16(17)18/h1,6,8-9,11,15H,5,7,10H2,2-3H3. The third-order valence-electron chi connectivity index (χ3n) is 2.47. The molecule has 0 spiro atoms. The summed E-state index contributed by atoms with van der Waals surface area (Å²) in [6.07, 6.45) is 6.52. The van der Waals surface area contributed by atoms with Crippen LogP contribution in [0, 0.1) is 22.5 Å². The summed E-state index contributed by atoms with van der Waals surface area (Å²) in [6.45, 7) is 4.27. The molecular weight excluding hydrogens is 244 g/mol. The van der Waals surface area contributed by atoms with Crippen LogP contribution in [0.25, 0.3) is 0 Å². The van der Waals surface area contributed by atoms with Gasteiger partial charge in [0.2, 0.25) is 0 Å². The Labute approximate surface area is 113 Å². The molecule has 1 N–H and O–H groups in total. The fourth-order valence-electron chi connectivity index (χ4n) is 1.65. The molecule has 0 saturated heterocycles. The predicted molar refractivity (Wildman–Crippen MR) is 75.4 cm³/mol. The second-order valence-corrected chi connectivity index (χ2v) is 4.21. The highest BCUT2D eigenvalue weighted by Gasteiger charge is 2.21. The van der Waals surface area contributed by atoms with Crippen LogP contribution in [0.2, 0.25) is 0 Å². The van der Waals surface area contributed by atoms with Gasteiger partial charge in [-0.15, -0.1) is 12.3 Å². The molecule has 0 aliphatic heterocycles. The maximum atomic E-state index is 11.2. The Morgan fingerprint density at radius 3 is 2.89 bits per heavy atom. The van der Waals surface area contributed by atoms with Crippen molar-refractivity contribution < 1.29 is 9.66 Å². The Balaban J connectivity index is 3.03. The molecule has 0 bridgehead atoms. The Bertz CT molecular complexity index is 480. The molecule has 1 aromatic rings. The van der Waals surface area contributed by atoms with Gasteiger partial charge in [-0.05, 0) is 25.5 Å². The zero-order chi connectivity index (χ0) is 14.3. The van der Waals surface area contributed by atoms with Crippen LogP contribution in [0.3, 0.4) is 0 Å². The van der Waals surface area contributed by atoms with Crippen LogP contribution in [0.4, 0.5) is 11.4 Å². The Morgan fingerprint density at radius 1 is 1.58 bits per heavy atom. The molecule has 19 heavy (non-hydrogen) atoms. The number of hydrogen-bond donors (Lipinski definition) is 1. The number of nitrogens with zero attached hydrogens (tertiary/aromatic N) is 1. The number of para-hydroxylation sites is 1. The fraction of sp³-hybridized carbons (Fsp3) is 0.429. The lowest BCUT2D eigenvalue weighted by Crippen LogP contribution is -2.15. The molecule has 0 radical (unpaired) electrons. The Hall–Kier alpha value is -2.22. The third-order valence-corrected chi connectivity index (χ3v) is 2.47. The van der Waals surface area contributed by atoms with Gasteiger partial charge in [-0.25, -0.2) is 0 Å². The largest absolute Gasteiger partial charge is 0.487 e. The fourth-order valence-corrected chi connectivity index (χ4v) is 1.65. The maximum Gasteiger partial charge on any atom is 0.333 e. The molecule has 1 rings (SSSR count). The first-order valence-electron chi connectivity index (χ1n) is 6.20. The summed E-state index contributed by atoms with van der Waals surface area (Å²) in [7, 11) is 0. The number of hydrogen-bond acceptors (Lipinski definition) is 4. The number of nitrogens with one attached hydrogen (secondary N) is 1. The summed E-state index contributed by atoms with van der Waals surface area (Å²) in [4.78, 5) is 10.8. The number of terminal acetylenes is 1. The minimum absolute atomic E-state index is 0.0369. The predicted octanol–water partition coefficient (Wildman–Crippen LogP) is 3.21. The summed E-state index contributed by atoms with van der Waals surface area (Å²) in [5.74, 6) is 2.80. The van der Waals surface area contributed by atoms with Crippen LogP contribution in [-0.4, -0.2) is 17.6 Å². The lowest BCUT2D eigenvalue weighted by atomic mass is 10.2. The van der Waals surface area contributed by atoms with Crippen molar-refractivity contribution in [3.63, 3.8) is 0 Å². The van der Waals surface area contributed by atoms with E-state index in [0.717, 1.165) is 6.42 Å². The summed E-state index contributed by atoms with van der Waals surface area (Å²) >= 11 is 0. The first-order chi connectivity index (χ1) is 9.10. The molecule has 1 atom stereocenters. The van der Waals surface area contributed by atoms with Crippen molar-refractivity contribution in [3.8, 4) is 18.1 Å². The third kappa shape index (κ3) is 4.18. The second-order valence-electron chi connectivity index (χ2n) is 4.21. The average Bonchev–Trinajstić information content (AvgIpc) is 2.36. The number of ether oxygens (including phenoxy) is 1. The van der Waals surface area contributed by atoms with Gasteiger partial charge in [-0.3, -0.25) is 10.1 Å². The van der Waals surface area contributed by atoms with Crippen LogP contribution >= 0.6 is 0 Å². The number of anilines is 1. The molecule has 0 amide bonds. The number of rotatable bonds is 7. The van der Waals surface area contributed by atoms with Gasteiger partial charge in [0.1, 0.15) is 5.69 Å². The van der Waals surface area contributed by atoms with Crippen molar-refractivity contribution >= 4 is 11.4 Å². The van der Waals surface area contributed by atoms with Gasteiger partial charge in [-0.2, -0.15) is 0 Å². The number of nitro groups is 1. The van der Waals surface area contributed by atoms with Gasteiger partial charge in [0.05, 0.1) is 11.5 Å². The average molecular weight is 262 g/mol. The Morgan fingerprint density at radius 2 is 2.32 bits per heavy atom. The minimum Gasteiger partial charge on any atom is -0.487 e. The summed E-state index contributed by atoms with van der Waals surface area (Å²) in [5, 5.41) is 14.2. The normalized spacial score (nSPS) is 11.4.